The van der Waals surface area contributed by atoms with Crippen molar-refractivity contribution in [3.05, 3.63) is 22.1 Å². The van der Waals surface area contributed by atoms with Gasteiger partial charge in [-0.25, -0.2) is 13.1 Å². The van der Waals surface area contributed by atoms with Crippen LogP contribution in [0.3, 0.4) is 0 Å². The summed E-state index contributed by atoms with van der Waals surface area (Å²) in [6.45, 7) is 3.90. The molecule has 118 valence electrons. The van der Waals surface area contributed by atoms with Gasteiger partial charge in [-0.15, -0.1) is 0 Å². The van der Waals surface area contributed by atoms with Crippen LogP contribution in [0, 0.1) is 0 Å². The Morgan fingerprint density at radius 1 is 1.32 bits per heavy atom. The van der Waals surface area contributed by atoms with Crippen molar-refractivity contribution in [3.63, 3.8) is 0 Å². The van der Waals surface area contributed by atoms with Gasteiger partial charge in [-0.1, -0.05) is 0 Å². The number of nitrogens with zero attached hydrogens (tertiary/aromatic N) is 3. The molecule has 0 spiro atoms. The molecule has 0 fully saturated rings. The quantitative estimate of drug-likeness (QED) is 0.814. The molecule has 0 saturated carbocycles. The lowest BCUT2D eigenvalue weighted by atomic mass is 10.3. The zero-order valence-corrected chi connectivity index (χ0v) is 13.3. The van der Waals surface area contributed by atoms with E-state index in [0.29, 0.717) is 13.1 Å². The SMILES string of the molecule is CC(C)S(=O)(=O)c1nn(C)c(=O)c2cc3n(c12)CCNC3=O. The van der Waals surface area contributed by atoms with Crippen LogP contribution in [-0.4, -0.2) is 40.5 Å². The molecule has 0 bridgehead atoms. The number of amides is 1. The molecule has 0 aliphatic carbocycles. The Balaban J connectivity index is 2.52. The van der Waals surface area contributed by atoms with Gasteiger partial charge in [-0.2, -0.15) is 5.10 Å². The van der Waals surface area contributed by atoms with Gasteiger partial charge in [-0.05, 0) is 19.9 Å². The average Bonchev–Trinajstić information content (AvgIpc) is 2.83. The highest BCUT2D eigenvalue weighted by Crippen LogP contribution is 2.26. The number of nitrogens with one attached hydrogen (secondary N) is 1. The molecule has 0 radical (unpaired) electrons. The minimum absolute atomic E-state index is 0.152. The van der Waals surface area contributed by atoms with Gasteiger partial charge in [0.15, 0.2) is 5.03 Å². The summed E-state index contributed by atoms with van der Waals surface area (Å²) in [7, 11) is -2.29. The highest BCUT2D eigenvalue weighted by molar-refractivity contribution is 7.92. The summed E-state index contributed by atoms with van der Waals surface area (Å²) in [6.07, 6.45) is 0. The third-order valence-electron chi connectivity index (χ3n) is 3.81. The molecule has 3 rings (SSSR count). The van der Waals surface area contributed by atoms with E-state index in [2.05, 4.69) is 10.4 Å². The predicted octanol–water partition coefficient (Wildman–Crippen LogP) is -0.340. The van der Waals surface area contributed by atoms with E-state index in [1.807, 2.05) is 0 Å². The van der Waals surface area contributed by atoms with E-state index in [4.69, 9.17) is 0 Å². The van der Waals surface area contributed by atoms with Gasteiger partial charge >= 0.3 is 0 Å². The lowest BCUT2D eigenvalue weighted by molar-refractivity contribution is 0.0929. The van der Waals surface area contributed by atoms with Crippen molar-refractivity contribution in [2.45, 2.75) is 30.7 Å². The summed E-state index contributed by atoms with van der Waals surface area (Å²) < 4.78 is 27.7. The molecule has 3 heterocycles. The van der Waals surface area contributed by atoms with Gasteiger partial charge in [0.25, 0.3) is 11.5 Å². The molecule has 0 aromatic carbocycles. The van der Waals surface area contributed by atoms with Crippen LogP contribution < -0.4 is 10.9 Å². The topological polar surface area (TPSA) is 103 Å². The third kappa shape index (κ3) is 1.88. The normalized spacial score (nSPS) is 15.2. The van der Waals surface area contributed by atoms with E-state index in [0.717, 1.165) is 4.68 Å². The Morgan fingerprint density at radius 3 is 2.64 bits per heavy atom. The lowest BCUT2D eigenvalue weighted by Crippen LogP contribution is -2.35. The van der Waals surface area contributed by atoms with Crippen molar-refractivity contribution in [2.24, 2.45) is 7.05 Å². The molecule has 0 saturated heterocycles. The number of aromatic nitrogens is 3. The molecular formula is C13H16N4O4S. The van der Waals surface area contributed by atoms with Crippen molar-refractivity contribution in [1.82, 2.24) is 19.7 Å². The van der Waals surface area contributed by atoms with Crippen molar-refractivity contribution in [3.8, 4) is 0 Å². The van der Waals surface area contributed by atoms with Crippen LogP contribution in [0.2, 0.25) is 0 Å². The molecule has 22 heavy (non-hydrogen) atoms. The van der Waals surface area contributed by atoms with Gasteiger partial charge < -0.3 is 9.88 Å². The maximum absolute atomic E-state index is 12.6. The third-order valence-corrected chi connectivity index (χ3v) is 5.86. The van der Waals surface area contributed by atoms with Gasteiger partial charge in [0, 0.05) is 20.1 Å². The summed E-state index contributed by atoms with van der Waals surface area (Å²) >= 11 is 0. The van der Waals surface area contributed by atoms with E-state index >= 15 is 0 Å². The minimum atomic E-state index is -3.69. The van der Waals surface area contributed by atoms with Crippen LogP contribution in [0.5, 0.6) is 0 Å². The number of sulfone groups is 1. The van der Waals surface area contributed by atoms with Gasteiger partial charge in [0.05, 0.1) is 16.2 Å². The second-order valence-corrected chi connectivity index (χ2v) is 7.95. The first-order chi connectivity index (χ1) is 10.2. The molecule has 2 aromatic rings. The fourth-order valence-corrected chi connectivity index (χ4v) is 3.73. The van der Waals surface area contributed by atoms with E-state index in [1.165, 1.54) is 13.1 Å². The number of fused-ring (bicyclic) bond motifs is 3. The lowest BCUT2D eigenvalue weighted by Gasteiger charge is -2.18. The summed E-state index contributed by atoms with van der Waals surface area (Å²) in [5, 5.41) is 6.01. The Labute approximate surface area is 126 Å². The van der Waals surface area contributed by atoms with Crippen molar-refractivity contribution in [1.29, 1.82) is 0 Å². The maximum Gasteiger partial charge on any atom is 0.276 e. The predicted molar refractivity (Wildman–Crippen MR) is 79.6 cm³/mol. The molecule has 1 aliphatic heterocycles. The standard InChI is InChI=1S/C13H16N4O4S/c1-7(2)22(20,21)12-10-8(13(19)16(3)15-12)6-9-11(18)14-4-5-17(9)10/h6-7H,4-5H2,1-3H3,(H,14,18). The van der Waals surface area contributed by atoms with Crippen molar-refractivity contribution >= 4 is 26.6 Å². The number of hydrogen-bond acceptors (Lipinski definition) is 5. The summed E-state index contributed by atoms with van der Waals surface area (Å²) in [5.41, 5.74) is 0.0839. The monoisotopic (exact) mass is 324 g/mol. The molecule has 8 nitrogen and oxygen atoms in total. The maximum atomic E-state index is 12.6. The second kappa shape index (κ2) is 4.67. The van der Waals surface area contributed by atoms with Gasteiger partial charge in [0.2, 0.25) is 9.84 Å². The first-order valence-electron chi connectivity index (χ1n) is 6.87. The Kier molecular flexibility index (Phi) is 3.13. The summed E-state index contributed by atoms with van der Waals surface area (Å²) in [4.78, 5) is 24.2. The average molecular weight is 324 g/mol. The fraction of sp³-hybridized carbons (Fsp3) is 0.462. The second-order valence-electron chi connectivity index (χ2n) is 5.53. The number of carbonyl (C=O) groups is 1. The molecule has 1 N–H and O–H groups in total. The van der Waals surface area contributed by atoms with Crippen LogP contribution in [0.1, 0.15) is 24.3 Å². The molecule has 0 atom stereocenters. The highest BCUT2D eigenvalue weighted by atomic mass is 32.2. The first-order valence-corrected chi connectivity index (χ1v) is 8.42. The Hall–Kier alpha value is -2.16. The molecule has 0 unspecified atom stereocenters. The van der Waals surface area contributed by atoms with Crippen molar-refractivity contribution < 1.29 is 13.2 Å². The number of hydrogen-bond donors (Lipinski definition) is 1. The van der Waals surface area contributed by atoms with Gasteiger partial charge in [-0.3, -0.25) is 9.59 Å². The smallest absolute Gasteiger partial charge is 0.276 e. The number of rotatable bonds is 2. The van der Waals surface area contributed by atoms with E-state index in [9.17, 15) is 18.0 Å². The van der Waals surface area contributed by atoms with Crippen LogP contribution in [0.15, 0.2) is 15.9 Å². The van der Waals surface area contributed by atoms with Crippen molar-refractivity contribution in [2.75, 3.05) is 6.54 Å². The highest BCUT2D eigenvalue weighted by Gasteiger charge is 2.31. The molecule has 1 aliphatic rings. The van der Waals surface area contributed by atoms with Crippen LogP contribution in [0.4, 0.5) is 0 Å². The van der Waals surface area contributed by atoms with E-state index < -0.39 is 20.6 Å². The number of carbonyl (C=O) groups excluding carboxylic acids is 1. The first kappa shape index (κ1) is 14.8. The largest absolute Gasteiger partial charge is 0.349 e. The van der Waals surface area contributed by atoms with E-state index in [1.54, 1.807) is 18.4 Å². The fourth-order valence-electron chi connectivity index (χ4n) is 2.55. The Bertz CT molecular complexity index is 953. The van der Waals surface area contributed by atoms with Crippen LogP contribution in [-0.2, 0) is 23.4 Å². The Morgan fingerprint density at radius 2 is 2.00 bits per heavy atom. The summed E-state index contributed by atoms with van der Waals surface area (Å²) in [5.74, 6) is -0.322. The molecule has 2 aromatic heterocycles. The summed E-state index contributed by atoms with van der Waals surface area (Å²) in [6, 6.07) is 1.44. The number of aryl methyl sites for hydroxylation is 1. The van der Waals surface area contributed by atoms with E-state index in [-0.39, 0.29) is 27.5 Å². The zero-order chi connectivity index (χ0) is 16.2. The van der Waals surface area contributed by atoms with Crippen LogP contribution >= 0.6 is 0 Å². The molecule has 1 amide bonds. The van der Waals surface area contributed by atoms with Gasteiger partial charge in [0.1, 0.15) is 5.69 Å². The zero-order valence-electron chi connectivity index (χ0n) is 12.5. The minimum Gasteiger partial charge on any atom is -0.349 e. The molecule has 9 heteroatoms. The molecular weight excluding hydrogens is 308 g/mol. The van der Waals surface area contributed by atoms with Crippen LogP contribution in [0.25, 0.3) is 10.9 Å².